The van der Waals surface area contributed by atoms with Crippen LogP contribution in [0.4, 0.5) is 5.69 Å². The Bertz CT molecular complexity index is 540. The number of halogens is 3. The summed E-state index contributed by atoms with van der Waals surface area (Å²) in [6.07, 6.45) is 0. The van der Waals surface area contributed by atoms with Crippen LogP contribution in [0.25, 0.3) is 0 Å². The van der Waals surface area contributed by atoms with Gasteiger partial charge < -0.3 is 5.32 Å². The molecule has 0 saturated carbocycles. The van der Waals surface area contributed by atoms with Crippen LogP contribution in [0.5, 0.6) is 0 Å². The summed E-state index contributed by atoms with van der Waals surface area (Å²) in [6.45, 7) is 2.11. The molecular weight excluding hydrogens is 377 g/mol. The molecule has 0 aliphatic rings. The quantitative estimate of drug-likeness (QED) is 0.675. The predicted molar refractivity (Wildman–Crippen MR) is 85.3 cm³/mol. The van der Waals surface area contributed by atoms with E-state index in [9.17, 15) is 0 Å². The van der Waals surface area contributed by atoms with Crippen LogP contribution in [0.2, 0.25) is 5.02 Å². The van der Waals surface area contributed by atoms with Gasteiger partial charge in [0.25, 0.3) is 0 Å². The highest BCUT2D eigenvalue weighted by molar-refractivity contribution is 9.10. The van der Waals surface area contributed by atoms with Gasteiger partial charge in [-0.2, -0.15) is 0 Å². The van der Waals surface area contributed by atoms with Crippen molar-refractivity contribution < 1.29 is 0 Å². The Morgan fingerprint density at radius 2 is 1.61 bits per heavy atom. The van der Waals surface area contributed by atoms with Crippen LogP contribution in [0, 0.1) is 0 Å². The van der Waals surface area contributed by atoms with E-state index in [1.807, 2.05) is 30.3 Å². The molecule has 1 unspecified atom stereocenters. The van der Waals surface area contributed by atoms with Gasteiger partial charge in [-0.1, -0.05) is 55.6 Å². The van der Waals surface area contributed by atoms with E-state index in [2.05, 4.69) is 56.2 Å². The van der Waals surface area contributed by atoms with E-state index in [1.165, 1.54) is 5.56 Å². The SMILES string of the molecule is CC(Nc1ccc(Br)cc1Cl)c1ccc(Br)cc1. The van der Waals surface area contributed by atoms with Crippen LogP contribution in [-0.2, 0) is 0 Å². The van der Waals surface area contributed by atoms with Crippen molar-refractivity contribution in [2.75, 3.05) is 5.32 Å². The Balaban J connectivity index is 2.15. The van der Waals surface area contributed by atoms with Gasteiger partial charge in [-0.25, -0.2) is 0 Å². The third-order valence-electron chi connectivity index (χ3n) is 2.67. The maximum Gasteiger partial charge on any atom is 0.0648 e. The molecule has 0 heterocycles. The molecule has 0 bridgehead atoms. The summed E-state index contributed by atoms with van der Waals surface area (Å²) in [4.78, 5) is 0. The summed E-state index contributed by atoms with van der Waals surface area (Å²) in [6, 6.07) is 14.3. The smallest absolute Gasteiger partial charge is 0.0648 e. The van der Waals surface area contributed by atoms with Gasteiger partial charge >= 0.3 is 0 Å². The minimum absolute atomic E-state index is 0.205. The van der Waals surface area contributed by atoms with Crippen LogP contribution in [0.15, 0.2) is 51.4 Å². The Labute approximate surface area is 129 Å². The molecule has 2 rings (SSSR count). The maximum atomic E-state index is 6.19. The first-order chi connectivity index (χ1) is 8.56. The average Bonchev–Trinajstić information content (AvgIpc) is 2.33. The van der Waals surface area contributed by atoms with E-state index in [-0.39, 0.29) is 6.04 Å². The molecule has 4 heteroatoms. The first-order valence-electron chi connectivity index (χ1n) is 5.53. The monoisotopic (exact) mass is 387 g/mol. The van der Waals surface area contributed by atoms with Crippen LogP contribution in [0.3, 0.4) is 0 Å². The fraction of sp³-hybridized carbons (Fsp3) is 0.143. The average molecular weight is 390 g/mol. The van der Waals surface area contributed by atoms with Crippen LogP contribution < -0.4 is 5.32 Å². The number of hydrogen-bond donors (Lipinski definition) is 1. The summed E-state index contributed by atoms with van der Waals surface area (Å²) in [5.74, 6) is 0. The Morgan fingerprint density at radius 3 is 2.22 bits per heavy atom. The molecule has 0 radical (unpaired) electrons. The van der Waals surface area contributed by atoms with Crippen LogP contribution >= 0.6 is 43.5 Å². The van der Waals surface area contributed by atoms with E-state index in [0.717, 1.165) is 14.6 Å². The third-order valence-corrected chi connectivity index (χ3v) is 4.01. The Hall–Kier alpha value is -0.510. The number of rotatable bonds is 3. The molecule has 0 amide bonds. The minimum atomic E-state index is 0.205. The van der Waals surface area contributed by atoms with Crippen molar-refractivity contribution in [1.29, 1.82) is 0 Å². The summed E-state index contributed by atoms with van der Waals surface area (Å²) in [5, 5.41) is 4.12. The molecule has 18 heavy (non-hydrogen) atoms. The van der Waals surface area contributed by atoms with Crippen molar-refractivity contribution in [1.82, 2.24) is 0 Å². The summed E-state index contributed by atoms with van der Waals surface area (Å²) >= 11 is 13.0. The van der Waals surface area contributed by atoms with Gasteiger partial charge in [0, 0.05) is 15.0 Å². The highest BCUT2D eigenvalue weighted by Gasteiger charge is 2.07. The third kappa shape index (κ3) is 3.50. The summed E-state index contributed by atoms with van der Waals surface area (Å²) in [5.41, 5.74) is 2.16. The van der Waals surface area contributed by atoms with E-state index in [4.69, 9.17) is 11.6 Å². The molecule has 0 aliphatic carbocycles. The fourth-order valence-electron chi connectivity index (χ4n) is 1.67. The molecule has 2 aromatic carbocycles. The lowest BCUT2D eigenvalue weighted by Gasteiger charge is -2.17. The second-order valence-electron chi connectivity index (χ2n) is 4.04. The molecule has 2 aromatic rings. The molecular formula is C14H12Br2ClN. The molecule has 94 valence electrons. The molecule has 0 fully saturated rings. The zero-order chi connectivity index (χ0) is 13.1. The van der Waals surface area contributed by atoms with Crippen LogP contribution in [0.1, 0.15) is 18.5 Å². The first-order valence-corrected chi connectivity index (χ1v) is 7.50. The Morgan fingerprint density at radius 1 is 1.00 bits per heavy atom. The van der Waals surface area contributed by atoms with Gasteiger partial charge in [0.15, 0.2) is 0 Å². The van der Waals surface area contributed by atoms with Crippen LogP contribution in [-0.4, -0.2) is 0 Å². The Kier molecular flexibility index (Phi) is 4.71. The molecule has 1 atom stereocenters. The minimum Gasteiger partial charge on any atom is -0.377 e. The van der Waals surface area contributed by atoms with Crippen molar-refractivity contribution in [3.63, 3.8) is 0 Å². The molecule has 1 N–H and O–H groups in total. The molecule has 0 aliphatic heterocycles. The van der Waals surface area contributed by atoms with Crippen molar-refractivity contribution in [3.05, 3.63) is 62.0 Å². The number of hydrogen-bond acceptors (Lipinski definition) is 1. The lowest BCUT2D eigenvalue weighted by molar-refractivity contribution is 0.884. The van der Waals surface area contributed by atoms with Gasteiger partial charge in [-0.3, -0.25) is 0 Å². The maximum absolute atomic E-state index is 6.19. The molecule has 1 nitrogen and oxygen atoms in total. The van der Waals surface area contributed by atoms with Gasteiger partial charge in [0.2, 0.25) is 0 Å². The molecule has 0 aromatic heterocycles. The van der Waals surface area contributed by atoms with Gasteiger partial charge in [0.1, 0.15) is 0 Å². The number of benzene rings is 2. The van der Waals surface area contributed by atoms with Crippen molar-refractivity contribution in [3.8, 4) is 0 Å². The van der Waals surface area contributed by atoms with E-state index in [1.54, 1.807) is 0 Å². The lowest BCUT2D eigenvalue weighted by atomic mass is 10.1. The van der Waals surface area contributed by atoms with Gasteiger partial charge in [0.05, 0.1) is 10.7 Å². The zero-order valence-electron chi connectivity index (χ0n) is 9.75. The molecule has 0 spiro atoms. The van der Waals surface area contributed by atoms with E-state index >= 15 is 0 Å². The zero-order valence-corrected chi connectivity index (χ0v) is 13.7. The van der Waals surface area contributed by atoms with Crippen molar-refractivity contribution in [2.24, 2.45) is 0 Å². The van der Waals surface area contributed by atoms with Crippen molar-refractivity contribution in [2.45, 2.75) is 13.0 Å². The van der Waals surface area contributed by atoms with Crippen molar-refractivity contribution >= 4 is 49.1 Å². The van der Waals surface area contributed by atoms with Gasteiger partial charge in [-0.15, -0.1) is 0 Å². The van der Waals surface area contributed by atoms with E-state index < -0.39 is 0 Å². The first kappa shape index (κ1) is 13.9. The van der Waals surface area contributed by atoms with Gasteiger partial charge in [-0.05, 0) is 42.8 Å². The highest BCUT2D eigenvalue weighted by atomic mass is 79.9. The highest BCUT2D eigenvalue weighted by Crippen LogP contribution is 2.29. The lowest BCUT2D eigenvalue weighted by Crippen LogP contribution is -2.06. The van der Waals surface area contributed by atoms with E-state index in [0.29, 0.717) is 5.02 Å². The standard InChI is InChI=1S/C14H12Br2ClN/c1-9(10-2-4-11(15)5-3-10)18-14-7-6-12(16)8-13(14)17/h2-9,18H,1H3. The topological polar surface area (TPSA) is 12.0 Å². The number of nitrogens with one attached hydrogen (secondary N) is 1. The second-order valence-corrected chi connectivity index (χ2v) is 6.28. The number of anilines is 1. The normalized spacial score (nSPS) is 12.2. The molecule has 0 saturated heterocycles. The summed E-state index contributed by atoms with van der Waals surface area (Å²) in [7, 11) is 0. The fourth-order valence-corrected chi connectivity index (χ4v) is 2.67. The second kappa shape index (κ2) is 6.09. The predicted octanol–water partition coefficient (Wildman–Crippen LogP) is 6.04. The summed E-state index contributed by atoms with van der Waals surface area (Å²) < 4.78 is 2.06. The largest absolute Gasteiger partial charge is 0.377 e.